The first kappa shape index (κ1) is 14.3. The third kappa shape index (κ3) is 3.92. The topological polar surface area (TPSA) is 69.6 Å². The highest BCUT2D eigenvalue weighted by atomic mass is 35.5. The Morgan fingerprint density at radius 2 is 2.32 bits per heavy atom. The molecule has 1 amide bonds. The quantitative estimate of drug-likeness (QED) is 0.866. The van der Waals surface area contributed by atoms with Gasteiger partial charge in [0.15, 0.2) is 0 Å². The molecule has 1 aromatic heterocycles. The normalized spacial score (nSPS) is 19.5. The van der Waals surface area contributed by atoms with Crippen molar-refractivity contribution in [1.29, 1.82) is 0 Å². The van der Waals surface area contributed by atoms with Gasteiger partial charge < -0.3 is 10.4 Å². The number of carbonyl (C=O) groups excluding carboxylic acids is 1. The number of carboxylic acids is 1. The third-order valence-corrected chi connectivity index (χ3v) is 4.32. The van der Waals surface area contributed by atoms with Gasteiger partial charge in [-0.1, -0.05) is 11.6 Å². The summed E-state index contributed by atoms with van der Waals surface area (Å²) in [6.07, 6.45) is 1.44. The van der Waals surface area contributed by atoms with E-state index >= 15 is 0 Å². The van der Waals surface area contributed by atoms with Gasteiger partial charge in [-0.3, -0.25) is 14.5 Å². The number of amides is 1. The van der Waals surface area contributed by atoms with Crippen LogP contribution >= 0.6 is 22.9 Å². The van der Waals surface area contributed by atoms with Gasteiger partial charge in [0, 0.05) is 4.88 Å². The second-order valence-corrected chi connectivity index (χ2v) is 6.25. The number of nitrogens with zero attached hydrogens (tertiary/aromatic N) is 1. The average molecular weight is 303 g/mol. The molecule has 2 N–H and O–H groups in total. The minimum atomic E-state index is -0.852. The van der Waals surface area contributed by atoms with E-state index in [-0.39, 0.29) is 12.5 Å². The molecule has 2 heterocycles. The Kier molecular flexibility index (Phi) is 4.79. The summed E-state index contributed by atoms with van der Waals surface area (Å²) in [7, 11) is 0. The minimum absolute atomic E-state index is 0.135. The van der Waals surface area contributed by atoms with Gasteiger partial charge in [0.2, 0.25) is 5.91 Å². The first-order chi connectivity index (χ1) is 9.06. The summed E-state index contributed by atoms with van der Waals surface area (Å²) in [5, 5.41) is 11.8. The molecule has 1 aliphatic rings. The van der Waals surface area contributed by atoms with Crippen LogP contribution in [0.15, 0.2) is 12.1 Å². The zero-order chi connectivity index (χ0) is 13.8. The van der Waals surface area contributed by atoms with Crippen LogP contribution in [0, 0.1) is 0 Å². The van der Waals surface area contributed by atoms with Gasteiger partial charge in [-0.25, -0.2) is 0 Å². The number of thiophene rings is 1. The van der Waals surface area contributed by atoms with E-state index in [1.807, 2.05) is 6.07 Å². The average Bonchev–Trinajstić information content (AvgIpc) is 2.95. The van der Waals surface area contributed by atoms with Crippen molar-refractivity contribution in [2.24, 2.45) is 0 Å². The number of carbonyl (C=O) groups is 2. The van der Waals surface area contributed by atoms with Gasteiger partial charge in [0.1, 0.15) is 6.04 Å². The molecule has 1 atom stereocenters. The van der Waals surface area contributed by atoms with Crippen LogP contribution in [-0.2, 0) is 16.1 Å². The Balaban J connectivity index is 1.79. The zero-order valence-electron chi connectivity index (χ0n) is 10.3. The van der Waals surface area contributed by atoms with Crippen LogP contribution in [0.4, 0.5) is 0 Å². The largest absolute Gasteiger partial charge is 0.480 e. The lowest BCUT2D eigenvalue weighted by atomic mass is 10.2. The second-order valence-electron chi connectivity index (χ2n) is 4.45. The number of nitrogens with one attached hydrogen (secondary N) is 1. The molecule has 0 aromatic carbocycles. The van der Waals surface area contributed by atoms with E-state index in [4.69, 9.17) is 16.7 Å². The van der Waals surface area contributed by atoms with Crippen molar-refractivity contribution in [1.82, 2.24) is 10.2 Å². The van der Waals surface area contributed by atoms with E-state index in [0.717, 1.165) is 11.3 Å². The van der Waals surface area contributed by atoms with E-state index < -0.39 is 12.0 Å². The summed E-state index contributed by atoms with van der Waals surface area (Å²) < 4.78 is 0.690. The van der Waals surface area contributed by atoms with Gasteiger partial charge in [-0.2, -0.15) is 0 Å². The fraction of sp³-hybridized carbons (Fsp3) is 0.500. The van der Waals surface area contributed by atoms with Crippen molar-refractivity contribution in [2.45, 2.75) is 25.4 Å². The van der Waals surface area contributed by atoms with E-state index in [0.29, 0.717) is 23.8 Å². The molecule has 1 aliphatic heterocycles. The molecule has 104 valence electrons. The number of rotatable bonds is 5. The molecule has 5 nitrogen and oxygen atoms in total. The third-order valence-electron chi connectivity index (χ3n) is 3.08. The molecule has 19 heavy (non-hydrogen) atoms. The van der Waals surface area contributed by atoms with Crippen LogP contribution in [0.5, 0.6) is 0 Å². The van der Waals surface area contributed by atoms with Crippen molar-refractivity contribution in [3.8, 4) is 0 Å². The first-order valence-electron chi connectivity index (χ1n) is 6.04. The van der Waals surface area contributed by atoms with Crippen LogP contribution in [0.3, 0.4) is 0 Å². The summed E-state index contributed by atoms with van der Waals surface area (Å²) >= 11 is 7.22. The number of carboxylic acid groups (broad SMARTS) is 1. The highest BCUT2D eigenvalue weighted by molar-refractivity contribution is 7.16. The Morgan fingerprint density at radius 3 is 2.95 bits per heavy atom. The maximum atomic E-state index is 11.8. The van der Waals surface area contributed by atoms with Crippen LogP contribution < -0.4 is 5.32 Å². The number of likely N-dealkylation sites (tertiary alicyclic amines) is 1. The van der Waals surface area contributed by atoms with E-state index in [1.54, 1.807) is 11.0 Å². The van der Waals surface area contributed by atoms with Crippen molar-refractivity contribution in [3.05, 3.63) is 21.3 Å². The second kappa shape index (κ2) is 6.36. The van der Waals surface area contributed by atoms with E-state index in [9.17, 15) is 9.59 Å². The van der Waals surface area contributed by atoms with Crippen molar-refractivity contribution >= 4 is 34.8 Å². The molecular formula is C12H15ClN2O3S. The molecule has 1 aromatic rings. The minimum Gasteiger partial charge on any atom is -0.480 e. The summed E-state index contributed by atoms with van der Waals surface area (Å²) in [6, 6.07) is 3.12. The number of aliphatic carboxylic acids is 1. The fourth-order valence-electron chi connectivity index (χ4n) is 2.17. The molecule has 1 fully saturated rings. The molecular weight excluding hydrogens is 288 g/mol. The predicted molar refractivity (Wildman–Crippen MR) is 73.4 cm³/mol. The summed E-state index contributed by atoms with van der Waals surface area (Å²) in [4.78, 5) is 25.5. The highest BCUT2D eigenvalue weighted by Crippen LogP contribution is 2.21. The van der Waals surface area contributed by atoms with E-state index in [2.05, 4.69) is 5.32 Å². The zero-order valence-corrected chi connectivity index (χ0v) is 11.8. The van der Waals surface area contributed by atoms with Gasteiger partial charge in [0.25, 0.3) is 0 Å². The molecule has 0 bridgehead atoms. The molecule has 1 saturated heterocycles. The lowest BCUT2D eigenvalue weighted by molar-refractivity contribution is -0.142. The van der Waals surface area contributed by atoms with Crippen LogP contribution in [0.1, 0.15) is 17.7 Å². The van der Waals surface area contributed by atoms with Gasteiger partial charge in [-0.05, 0) is 31.5 Å². The van der Waals surface area contributed by atoms with Gasteiger partial charge >= 0.3 is 5.97 Å². The molecule has 0 spiro atoms. The highest BCUT2D eigenvalue weighted by Gasteiger charge is 2.31. The number of halogens is 1. The smallest absolute Gasteiger partial charge is 0.320 e. The maximum Gasteiger partial charge on any atom is 0.320 e. The SMILES string of the molecule is O=C(CN1CCC[C@H]1C(=O)O)NCc1ccc(Cl)s1. The standard InChI is InChI=1S/C12H15ClN2O3S/c13-10-4-3-8(19-10)6-14-11(16)7-15-5-1-2-9(15)12(17)18/h3-4,9H,1-2,5-7H2,(H,14,16)(H,17,18)/t9-/m0/s1. The number of hydrogen-bond donors (Lipinski definition) is 2. The van der Waals surface area contributed by atoms with Gasteiger partial charge in [-0.15, -0.1) is 11.3 Å². The van der Waals surface area contributed by atoms with Crippen LogP contribution in [-0.4, -0.2) is 41.0 Å². The Morgan fingerprint density at radius 1 is 1.53 bits per heavy atom. The van der Waals surface area contributed by atoms with Crippen molar-refractivity contribution in [2.75, 3.05) is 13.1 Å². The molecule has 7 heteroatoms. The summed E-state index contributed by atoms with van der Waals surface area (Å²) in [5.41, 5.74) is 0. The van der Waals surface area contributed by atoms with E-state index in [1.165, 1.54) is 11.3 Å². The molecule has 0 unspecified atom stereocenters. The monoisotopic (exact) mass is 302 g/mol. The van der Waals surface area contributed by atoms with Crippen LogP contribution in [0.2, 0.25) is 4.34 Å². The summed E-state index contributed by atoms with van der Waals surface area (Å²) in [6.45, 7) is 1.23. The lowest BCUT2D eigenvalue weighted by Gasteiger charge is -2.20. The lowest BCUT2D eigenvalue weighted by Crippen LogP contribution is -2.42. The Bertz CT molecular complexity index is 477. The maximum absolute atomic E-state index is 11.8. The Hall–Kier alpha value is -1.11. The van der Waals surface area contributed by atoms with Crippen molar-refractivity contribution < 1.29 is 14.7 Å². The van der Waals surface area contributed by atoms with Gasteiger partial charge in [0.05, 0.1) is 17.4 Å². The molecule has 0 radical (unpaired) electrons. The van der Waals surface area contributed by atoms with Crippen LogP contribution in [0.25, 0.3) is 0 Å². The summed E-state index contributed by atoms with van der Waals surface area (Å²) in [5.74, 6) is -1.01. The molecule has 0 saturated carbocycles. The molecule has 2 rings (SSSR count). The fourth-order valence-corrected chi connectivity index (χ4v) is 3.20. The van der Waals surface area contributed by atoms with Crippen molar-refractivity contribution in [3.63, 3.8) is 0 Å². The molecule has 0 aliphatic carbocycles. The number of hydrogen-bond acceptors (Lipinski definition) is 4. The Labute approximate surface area is 120 Å². The predicted octanol–water partition coefficient (Wildman–Crippen LogP) is 1.57. The first-order valence-corrected chi connectivity index (χ1v) is 7.23.